The van der Waals surface area contributed by atoms with E-state index in [1.54, 1.807) is 0 Å². The molecule has 0 unspecified atom stereocenters. The van der Waals surface area contributed by atoms with Gasteiger partial charge in [0, 0.05) is 0 Å². The van der Waals surface area contributed by atoms with Gasteiger partial charge in [0.2, 0.25) is 0 Å². The minimum Gasteiger partial charge on any atom is -0.541 e. The van der Waals surface area contributed by atoms with E-state index in [9.17, 15) is 4.79 Å². The van der Waals surface area contributed by atoms with E-state index in [2.05, 4.69) is 0 Å². The molecule has 0 aromatic rings. The summed E-state index contributed by atoms with van der Waals surface area (Å²) < 4.78 is 0. The molecule has 0 radical (unpaired) electrons. The van der Waals surface area contributed by atoms with Gasteiger partial charge in [-0.2, -0.15) is 0 Å². The van der Waals surface area contributed by atoms with Gasteiger partial charge in [0.25, 0.3) is 6.47 Å². The van der Waals surface area contributed by atoms with Crippen LogP contribution in [0.4, 0.5) is 0 Å². The third-order valence-corrected chi connectivity index (χ3v) is 0.306. The van der Waals surface area contributed by atoms with Crippen LogP contribution >= 0.6 is 0 Å². The van der Waals surface area contributed by atoms with Gasteiger partial charge in [-0.1, -0.05) is 20.8 Å². The van der Waals surface area contributed by atoms with Crippen LogP contribution in [0.1, 0.15) is 20.8 Å². The Morgan fingerprint density at radius 2 is 1.50 bits per heavy atom. The molecule has 0 saturated heterocycles. The number of carbonyl (C=O) groups is 1. The maximum Gasteiger partial charge on any atom is 1.00 e. The summed E-state index contributed by atoms with van der Waals surface area (Å²) in [4.78, 5) is 18.1. The third kappa shape index (κ3) is 46.9. The molecule has 0 aliphatic carbocycles. The van der Waals surface area contributed by atoms with Crippen LogP contribution in [0, 0.1) is 5.41 Å². The van der Waals surface area contributed by atoms with E-state index in [0.717, 1.165) is 0 Å². The molecule has 0 aliphatic heterocycles. The van der Waals surface area contributed by atoms with Crippen LogP contribution in [0.25, 0.3) is 0 Å². The molecule has 54 valence electrons. The molecule has 10 heavy (non-hydrogen) atoms. The van der Waals surface area contributed by atoms with E-state index in [4.69, 9.17) is 9.90 Å². The maximum absolute atomic E-state index is 9.70. The zero-order valence-electron chi connectivity index (χ0n) is 6.84. The number of hydrogen-bond donors (Lipinski definition) is 1. The first-order valence-electron chi connectivity index (χ1n) is 2.45. The van der Waals surface area contributed by atoms with Crippen molar-refractivity contribution in [3.63, 3.8) is 0 Å². The van der Waals surface area contributed by atoms with Crippen LogP contribution in [0.2, 0.25) is 0 Å². The summed E-state index contributed by atoms with van der Waals surface area (Å²) in [5, 5.41) is 6.89. The Morgan fingerprint density at radius 1 is 1.40 bits per heavy atom. The van der Waals surface area contributed by atoms with Gasteiger partial charge < -0.3 is 9.90 Å². The number of carboxylic acid groups (broad SMARTS) is 1. The monoisotopic (exact) mass is 138 g/mol. The second kappa shape index (κ2) is 8.74. The topological polar surface area (TPSA) is 54.4 Å². The molecule has 0 aromatic carbocycles. The Bertz CT molecular complexity index is 85.5. The summed E-state index contributed by atoms with van der Waals surface area (Å²) in [6.45, 7) is 5.21. The molecule has 4 heteroatoms. The van der Waals surface area contributed by atoms with Crippen molar-refractivity contribution >= 4 is 12.8 Å². The molecule has 0 spiro atoms. The van der Waals surface area contributed by atoms with Crippen LogP contribution < -0.4 is 18.9 Å². The van der Waals surface area contributed by atoms with Crippen LogP contribution in [0.3, 0.4) is 0 Å². The minimum absolute atomic E-state index is 0. The summed E-state index contributed by atoms with van der Waals surface area (Å²) in [5.74, 6) is 0. The SMILES string of the molecule is CC(C)(C)[C-]=O.O=CO.[Li+]. The van der Waals surface area contributed by atoms with Crippen LogP contribution in [-0.4, -0.2) is 17.9 Å². The fourth-order valence-corrected chi connectivity index (χ4v) is 0. The molecule has 0 aromatic heterocycles. The molecule has 0 rings (SSSR count). The van der Waals surface area contributed by atoms with Gasteiger partial charge in [0.1, 0.15) is 0 Å². The molecule has 0 atom stereocenters. The zero-order valence-corrected chi connectivity index (χ0v) is 6.84. The Hall–Kier alpha value is -0.263. The predicted molar refractivity (Wildman–Crippen MR) is 33.8 cm³/mol. The maximum atomic E-state index is 9.70. The van der Waals surface area contributed by atoms with Gasteiger partial charge in [-0.15, -0.1) is 5.41 Å². The van der Waals surface area contributed by atoms with Gasteiger partial charge >= 0.3 is 18.9 Å². The molecule has 0 fully saturated rings. The Labute approximate surface area is 73.0 Å². The van der Waals surface area contributed by atoms with Crippen molar-refractivity contribution in [3.05, 3.63) is 0 Å². The average molecular weight is 138 g/mol. The van der Waals surface area contributed by atoms with Crippen LogP contribution in [0.5, 0.6) is 0 Å². The third-order valence-electron chi connectivity index (χ3n) is 0.306. The minimum atomic E-state index is -0.264. The van der Waals surface area contributed by atoms with Crippen molar-refractivity contribution in [3.8, 4) is 0 Å². The van der Waals surface area contributed by atoms with Gasteiger partial charge in [-0.3, -0.25) is 11.1 Å². The first kappa shape index (κ1) is 16.4. The first-order chi connectivity index (χ1) is 3.97. The molecular formula is C6H11LiO3. The predicted octanol–water partition coefficient (Wildman–Crippen LogP) is -2.15. The van der Waals surface area contributed by atoms with E-state index < -0.39 is 0 Å². The summed E-state index contributed by atoms with van der Waals surface area (Å²) in [7, 11) is 0. The van der Waals surface area contributed by atoms with Gasteiger partial charge in [-0.05, 0) is 0 Å². The standard InChI is InChI=1S/C5H9O.CH2O2.Li/c1-5(2,3)4-6;2-1-3;/h1-3H3;1H,(H,2,3);/q-1;;+1. The van der Waals surface area contributed by atoms with Gasteiger partial charge in [0.15, 0.2) is 0 Å². The molecule has 0 amide bonds. The molecule has 0 saturated carbocycles. The van der Waals surface area contributed by atoms with E-state index in [1.807, 2.05) is 27.1 Å². The Morgan fingerprint density at radius 3 is 1.50 bits per heavy atom. The number of rotatable bonds is 0. The second-order valence-corrected chi connectivity index (χ2v) is 2.46. The van der Waals surface area contributed by atoms with Gasteiger partial charge in [-0.25, -0.2) is 0 Å². The van der Waals surface area contributed by atoms with Crippen molar-refractivity contribution in [1.82, 2.24) is 0 Å². The van der Waals surface area contributed by atoms with E-state index in [1.165, 1.54) is 0 Å². The molecular weight excluding hydrogens is 127 g/mol. The zero-order chi connectivity index (χ0) is 7.91. The average Bonchev–Trinajstić information content (AvgIpc) is 1.67. The normalized spacial score (nSPS) is 7.90. The van der Waals surface area contributed by atoms with E-state index in [-0.39, 0.29) is 30.7 Å². The summed E-state index contributed by atoms with van der Waals surface area (Å²) >= 11 is 0. The fraction of sp³-hybridized carbons (Fsp3) is 0.667. The van der Waals surface area contributed by atoms with E-state index >= 15 is 0 Å². The number of carbonyl (C=O) groups excluding carboxylic acids is 1. The molecule has 1 N–H and O–H groups in total. The molecule has 3 nitrogen and oxygen atoms in total. The smallest absolute Gasteiger partial charge is 0.541 e. The van der Waals surface area contributed by atoms with Crippen LogP contribution in [-0.2, 0) is 9.59 Å². The Balaban J connectivity index is -0.000000107. The summed E-state index contributed by atoms with van der Waals surface area (Å²) in [6.07, 6.45) is 1.85. The van der Waals surface area contributed by atoms with Crippen molar-refractivity contribution < 1.29 is 33.6 Å². The quantitative estimate of drug-likeness (QED) is 0.236. The first-order valence-corrected chi connectivity index (χ1v) is 2.45. The molecule has 0 aliphatic rings. The van der Waals surface area contributed by atoms with Crippen molar-refractivity contribution in [1.29, 1.82) is 0 Å². The van der Waals surface area contributed by atoms with Crippen LogP contribution in [0.15, 0.2) is 0 Å². The largest absolute Gasteiger partial charge is 1.00 e. The van der Waals surface area contributed by atoms with E-state index in [0.29, 0.717) is 0 Å². The molecule has 0 bridgehead atoms. The fourth-order valence-electron chi connectivity index (χ4n) is 0. The van der Waals surface area contributed by atoms with Crippen molar-refractivity contribution in [2.75, 3.05) is 0 Å². The van der Waals surface area contributed by atoms with Crippen molar-refractivity contribution in [2.45, 2.75) is 20.8 Å². The summed E-state index contributed by atoms with van der Waals surface area (Å²) in [6, 6.07) is 0. The van der Waals surface area contributed by atoms with Gasteiger partial charge in [0.05, 0.1) is 0 Å². The number of hydrogen-bond acceptors (Lipinski definition) is 2. The second-order valence-electron chi connectivity index (χ2n) is 2.46. The molecule has 0 heterocycles. The summed E-state index contributed by atoms with van der Waals surface area (Å²) in [5.41, 5.74) is -0.264. The van der Waals surface area contributed by atoms with Crippen molar-refractivity contribution in [2.24, 2.45) is 5.41 Å². The Kier molecular flexibility index (Phi) is 14.3.